The summed E-state index contributed by atoms with van der Waals surface area (Å²) >= 11 is 0. The summed E-state index contributed by atoms with van der Waals surface area (Å²) in [6.45, 7) is 1.15. The number of halogens is 2. The third-order valence-electron chi connectivity index (χ3n) is 6.59. The van der Waals surface area contributed by atoms with E-state index in [9.17, 15) is 18.4 Å². The minimum Gasteiger partial charge on any atom is -0.493 e. The maximum atomic E-state index is 13.4. The number of carbonyl (C=O) groups is 2. The zero-order chi connectivity index (χ0) is 23.6. The summed E-state index contributed by atoms with van der Waals surface area (Å²) in [5.74, 6) is -1.18. The van der Waals surface area contributed by atoms with Gasteiger partial charge in [-0.2, -0.15) is 0 Å². The number of piperidine rings is 1. The van der Waals surface area contributed by atoms with E-state index in [2.05, 4.69) is 5.32 Å². The van der Waals surface area contributed by atoms with Gasteiger partial charge in [0.2, 0.25) is 11.8 Å². The third-order valence-corrected chi connectivity index (χ3v) is 6.59. The van der Waals surface area contributed by atoms with Crippen molar-refractivity contribution in [3.05, 3.63) is 59.7 Å². The van der Waals surface area contributed by atoms with Gasteiger partial charge in [-0.3, -0.25) is 9.59 Å². The number of ether oxygens (including phenoxy) is 2. The highest BCUT2D eigenvalue weighted by Gasteiger charge is 2.58. The highest BCUT2D eigenvalue weighted by atomic mass is 19.2. The zero-order valence-corrected chi connectivity index (χ0v) is 18.6. The molecule has 2 fully saturated rings. The van der Waals surface area contributed by atoms with E-state index in [0.717, 1.165) is 37.0 Å². The van der Waals surface area contributed by atoms with Crippen molar-refractivity contribution in [3.63, 3.8) is 0 Å². The Bertz CT molecular complexity index is 1090. The average molecular weight is 456 g/mol. The molecular weight excluding hydrogens is 430 g/mol. The molecule has 1 aliphatic heterocycles. The van der Waals surface area contributed by atoms with Gasteiger partial charge in [-0.25, -0.2) is 8.78 Å². The molecule has 0 aromatic heterocycles. The fourth-order valence-electron chi connectivity index (χ4n) is 4.48. The summed E-state index contributed by atoms with van der Waals surface area (Å²) in [7, 11) is 3.13. The van der Waals surface area contributed by atoms with Crippen molar-refractivity contribution in [1.82, 2.24) is 4.90 Å². The quantitative estimate of drug-likeness (QED) is 0.660. The first-order valence-electron chi connectivity index (χ1n) is 10.8. The number of amides is 2. The van der Waals surface area contributed by atoms with Crippen molar-refractivity contribution in [2.75, 3.05) is 32.6 Å². The van der Waals surface area contributed by atoms with Crippen LogP contribution in [0.15, 0.2) is 42.5 Å². The lowest BCUT2D eigenvalue weighted by molar-refractivity contribution is -0.127. The van der Waals surface area contributed by atoms with Crippen molar-refractivity contribution >= 4 is 23.6 Å². The molecule has 2 amide bonds. The fourth-order valence-corrected chi connectivity index (χ4v) is 4.48. The van der Waals surface area contributed by atoms with E-state index in [1.807, 2.05) is 6.07 Å². The number of rotatable bonds is 6. The van der Waals surface area contributed by atoms with Gasteiger partial charge in [-0.1, -0.05) is 6.07 Å². The molecule has 1 saturated heterocycles. The van der Waals surface area contributed by atoms with Crippen LogP contribution in [0, 0.1) is 23.0 Å². The van der Waals surface area contributed by atoms with Gasteiger partial charge < -0.3 is 19.7 Å². The van der Waals surface area contributed by atoms with Gasteiger partial charge in [0.05, 0.1) is 14.2 Å². The first-order valence-corrected chi connectivity index (χ1v) is 10.8. The van der Waals surface area contributed by atoms with Crippen LogP contribution < -0.4 is 14.8 Å². The van der Waals surface area contributed by atoms with Gasteiger partial charge in [0, 0.05) is 36.8 Å². The molecule has 174 valence electrons. The van der Waals surface area contributed by atoms with E-state index in [1.54, 1.807) is 43.4 Å². The summed E-state index contributed by atoms with van der Waals surface area (Å²) in [4.78, 5) is 27.0. The second-order valence-corrected chi connectivity index (χ2v) is 8.51. The smallest absolute Gasteiger partial charge is 0.246 e. The van der Waals surface area contributed by atoms with Crippen LogP contribution in [0.5, 0.6) is 11.5 Å². The number of methoxy groups -OCH3 is 2. The van der Waals surface area contributed by atoms with Crippen LogP contribution in [0.4, 0.5) is 14.5 Å². The van der Waals surface area contributed by atoms with E-state index in [4.69, 9.17) is 9.47 Å². The van der Waals surface area contributed by atoms with Gasteiger partial charge in [0.15, 0.2) is 23.1 Å². The van der Waals surface area contributed by atoms with Crippen molar-refractivity contribution in [2.45, 2.75) is 19.3 Å². The maximum absolute atomic E-state index is 13.4. The van der Waals surface area contributed by atoms with Gasteiger partial charge >= 0.3 is 0 Å². The minimum absolute atomic E-state index is 0.0805. The maximum Gasteiger partial charge on any atom is 0.246 e. The molecule has 1 saturated carbocycles. The highest BCUT2D eigenvalue weighted by molar-refractivity contribution is 5.95. The van der Waals surface area contributed by atoms with Crippen LogP contribution in [0.1, 0.15) is 24.8 Å². The molecule has 1 aliphatic carbocycles. The number of hydrogen-bond donors (Lipinski definition) is 1. The molecule has 0 unspecified atom stereocenters. The summed E-state index contributed by atoms with van der Waals surface area (Å²) in [5, 5.41) is 2.68. The van der Waals surface area contributed by atoms with E-state index >= 15 is 0 Å². The first kappa shape index (κ1) is 22.8. The van der Waals surface area contributed by atoms with Crippen LogP contribution in [0.3, 0.4) is 0 Å². The van der Waals surface area contributed by atoms with E-state index < -0.39 is 11.6 Å². The molecule has 6 nitrogen and oxygen atoms in total. The molecule has 2 aromatic carbocycles. The van der Waals surface area contributed by atoms with Crippen molar-refractivity contribution < 1.29 is 27.8 Å². The van der Waals surface area contributed by atoms with Crippen molar-refractivity contribution in [3.8, 4) is 11.5 Å². The molecule has 1 heterocycles. The minimum atomic E-state index is -0.994. The summed E-state index contributed by atoms with van der Waals surface area (Å²) in [6.07, 6.45) is 5.49. The van der Waals surface area contributed by atoms with Crippen molar-refractivity contribution in [2.24, 2.45) is 11.3 Å². The highest BCUT2D eigenvalue weighted by Crippen LogP contribution is 2.59. The lowest BCUT2D eigenvalue weighted by Crippen LogP contribution is -2.39. The fraction of sp³-hybridized carbons (Fsp3) is 0.360. The van der Waals surface area contributed by atoms with Crippen LogP contribution in [0.2, 0.25) is 0 Å². The van der Waals surface area contributed by atoms with Crippen LogP contribution >= 0.6 is 0 Å². The summed E-state index contributed by atoms with van der Waals surface area (Å²) < 4.78 is 37.0. The molecule has 2 aliphatic rings. The van der Waals surface area contributed by atoms with Crippen molar-refractivity contribution in [1.29, 1.82) is 0 Å². The zero-order valence-electron chi connectivity index (χ0n) is 18.6. The molecule has 8 heteroatoms. The first-order chi connectivity index (χ1) is 15.8. The van der Waals surface area contributed by atoms with E-state index in [1.165, 1.54) is 6.07 Å². The second kappa shape index (κ2) is 9.21. The Hall–Kier alpha value is -3.42. The van der Waals surface area contributed by atoms with Gasteiger partial charge in [-0.05, 0) is 60.6 Å². The number of benzene rings is 2. The third kappa shape index (κ3) is 4.84. The molecule has 1 atom stereocenters. The Balaban J connectivity index is 1.30. The SMILES string of the molecule is COc1ccc(/C=C/C(=O)N2CCC3(CC2)C[C@H]3C(=O)Nc2ccc(F)c(F)c2)cc1OC. The second-order valence-electron chi connectivity index (χ2n) is 8.51. The summed E-state index contributed by atoms with van der Waals surface area (Å²) in [6, 6.07) is 8.75. The molecule has 2 aromatic rings. The van der Waals surface area contributed by atoms with E-state index in [0.29, 0.717) is 24.6 Å². The number of nitrogens with zero attached hydrogens (tertiary/aromatic N) is 1. The van der Waals surface area contributed by atoms with Gasteiger partial charge in [0.1, 0.15) is 0 Å². The Kier molecular flexibility index (Phi) is 6.35. The van der Waals surface area contributed by atoms with E-state index in [-0.39, 0.29) is 28.8 Å². The predicted molar refractivity (Wildman–Crippen MR) is 120 cm³/mol. The number of likely N-dealkylation sites (tertiary alicyclic amines) is 1. The van der Waals surface area contributed by atoms with Crippen LogP contribution in [0.25, 0.3) is 6.08 Å². The molecule has 33 heavy (non-hydrogen) atoms. The monoisotopic (exact) mass is 456 g/mol. The molecule has 1 N–H and O–H groups in total. The lowest BCUT2D eigenvalue weighted by atomic mass is 9.90. The Morgan fingerprint density at radius 2 is 1.76 bits per heavy atom. The Morgan fingerprint density at radius 1 is 1.03 bits per heavy atom. The number of carbonyl (C=O) groups excluding carboxylic acids is 2. The number of anilines is 1. The summed E-state index contributed by atoms with van der Waals surface area (Å²) in [5.41, 5.74) is 0.950. The Labute approximate surface area is 191 Å². The average Bonchev–Trinajstić information content (AvgIpc) is 3.53. The molecule has 0 radical (unpaired) electrons. The number of nitrogens with one attached hydrogen (secondary N) is 1. The molecular formula is C25H26F2N2O4. The largest absolute Gasteiger partial charge is 0.493 e. The topological polar surface area (TPSA) is 67.9 Å². The number of hydrogen-bond acceptors (Lipinski definition) is 4. The molecule has 1 spiro atoms. The van der Waals surface area contributed by atoms with Gasteiger partial charge in [0.25, 0.3) is 0 Å². The van der Waals surface area contributed by atoms with Crippen LogP contribution in [-0.2, 0) is 9.59 Å². The predicted octanol–water partition coefficient (Wildman–Crippen LogP) is 4.26. The normalized spacial score (nSPS) is 18.9. The van der Waals surface area contributed by atoms with Gasteiger partial charge in [-0.15, -0.1) is 0 Å². The lowest BCUT2D eigenvalue weighted by Gasteiger charge is -2.32. The molecule has 0 bridgehead atoms. The van der Waals surface area contributed by atoms with Crippen LogP contribution in [-0.4, -0.2) is 44.0 Å². The Morgan fingerprint density at radius 3 is 2.42 bits per heavy atom. The molecule has 4 rings (SSSR count). The standard InChI is InChI=1S/C25H26F2N2O4/c1-32-21-7-3-16(13-22(21)33-2)4-8-23(30)29-11-9-25(10-12-29)15-18(25)24(31)28-17-5-6-19(26)20(27)14-17/h3-8,13-14,18H,9-12,15H2,1-2H3,(H,28,31)/b8-4+/t18-/m0/s1.